The molecule has 0 saturated carbocycles. The fourth-order valence-corrected chi connectivity index (χ4v) is 11.1. The van der Waals surface area contributed by atoms with Gasteiger partial charge in [-0.15, -0.1) is 0 Å². The molecule has 2 aliphatic carbocycles. The van der Waals surface area contributed by atoms with E-state index in [-0.39, 0.29) is 0 Å². The van der Waals surface area contributed by atoms with Crippen molar-refractivity contribution in [1.82, 2.24) is 0 Å². The van der Waals surface area contributed by atoms with Crippen molar-refractivity contribution in [3.05, 3.63) is 305 Å². The van der Waals surface area contributed by atoms with Crippen LogP contribution < -0.4 is 4.90 Å². The van der Waals surface area contributed by atoms with Gasteiger partial charge in [0.25, 0.3) is 0 Å². The molecule has 12 rings (SSSR count). The monoisotopic (exact) mass is 815 g/mol. The van der Waals surface area contributed by atoms with Gasteiger partial charge in [0.1, 0.15) is 0 Å². The summed E-state index contributed by atoms with van der Waals surface area (Å²) in [7, 11) is 0. The van der Waals surface area contributed by atoms with E-state index in [0.29, 0.717) is 0 Å². The van der Waals surface area contributed by atoms with Crippen molar-refractivity contribution in [3.8, 4) is 33.4 Å². The number of rotatable bonds is 8. The van der Waals surface area contributed by atoms with Crippen molar-refractivity contribution in [1.29, 1.82) is 0 Å². The average molecular weight is 816 g/mol. The van der Waals surface area contributed by atoms with Crippen LogP contribution in [0.3, 0.4) is 0 Å². The Balaban J connectivity index is 1.11. The lowest BCUT2D eigenvalue weighted by Gasteiger charge is -2.35. The second kappa shape index (κ2) is 15.1. The first kappa shape index (κ1) is 37.7. The minimum Gasteiger partial charge on any atom is -0.310 e. The molecule has 0 fully saturated rings. The van der Waals surface area contributed by atoms with E-state index in [2.05, 4.69) is 267 Å². The molecule has 0 atom stereocenters. The molecule has 2 aliphatic rings. The maximum atomic E-state index is 2.47. The summed E-state index contributed by atoms with van der Waals surface area (Å²) < 4.78 is 0. The Hall–Kier alpha value is -8.00. The van der Waals surface area contributed by atoms with Crippen molar-refractivity contribution in [2.24, 2.45) is 0 Å². The predicted octanol–water partition coefficient (Wildman–Crippen LogP) is 15.9. The average Bonchev–Trinajstić information content (AvgIpc) is 3.84. The number of benzene rings is 10. The SMILES string of the molecule is Cc1ccc(-c2ccc(N(c3ccc4c(c3)-c3ccccc3C4(c3ccccc3)c3ccccc3)c3ccc4c(c3)C(c3ccccc3)(c3ccccc3)c3ccccc3-4)cc2)cc1. The second-order valence-corrected chi connectivity index (χ2v) is 17.3. The summed E-state index contributed by atoms with van der Waals surface area (Å²) >= 11 is 0. The lowest BCUT2D eigenvalue weighted by Crippen LogP contribution is -2.28. The van der Waals surface area contributed by atoms with Crippen LogP contribution in [0.1, 0.15) is 50.1 Å². The maximum Gasteiger partial charge on any atom is 0.0714 e. The number of fused-ring (bicyclic) bond motifs is 6. The molecule has 10 aromatic carbocycles. The van der Waals surface area contributed by atoms with Gasteiger partial charge in [0.15, 0.2) is 0 Å². The Morgan fingerprint density at radius 3 is 1.14 bits per heavy atom. The third-order valence-electron chi connectivity index (χ3n) is 13.9. The Kier molecular flexibility index (Phi) is 8.91. The van der Waals surface area contributed by atoms with Gasteiger partial charge in [-0.25, -0.2) is 0 Å². The Bertz CT molecular complexity index is 3220. The largest absolute Gasteiger partial charge is 0.310 e. The summed E-state index contributed by atoms with van der Waals surface area (Å²) in [6.45, 7) is 2.14. The highest BCUT2D eigenvalue weighted by Crippen LogP contribution is 2.59. The number of hydrogen-bond donors (Lipinski definition) is 0. The highest BCUT2D eigenvalue weighted by atomic mass is 15.1. The summed E-state index contributed by atoms with van der Waals surface area (Å²) in [5.74, 6) is 0. The van der Waals surface area contributed by atoms with E-state index < -0.39 is 10.8 Å². The van der Waals surface area contributed by atoms with Crippen molar-refractivity contribution in [2.75, 3.05) is 4.90 Å². The van der Waals surface area contributed by atoms with Gasteiger partial charge in [-0.05, 0) is 121 Å². The molecular weight excluding hydrogens is 771 g/mol. The number of nitrogens with zero attached hydrogens (tertiary/aromatic N) is 1. The number of hydrogen-bond acceptors (Lipinski definition) is 1. The Morgan fingerprint density at radius 2 is 0.625 bits per heavy atom. The lowest BCUT2D eigenvalue weighted by atomic mass is 9.67. The van der Waals surface area contributed by atoms with Gasteiger partial charge in [-0.1, -0.05) is 224 Å². The molecule has 0 unspecified atom stereocenters. The topological polar surface area (TPSA) is 3.24 Å². The summed E-state index contributed by atoms with van der Waals surface area (Å²) in [6, 6.07) is 94.6. The molecule has 0 spiro atoms. The molecule has 1 nitrogen and oxygen atoms in total. The molecule has 0 saturated heterocycles. The minimum atomic E-state index is -0.521. The summed E-state index contributed by atoms with van der Waals surface area (Å²) in [5, 5.41) is 0. The van der Waals surface area contributed by atoms with Gasteiger partial charge in [-0.2, -0.15) is 0 Å². The zero-order valence-electron chi connectivity index (χ0n) is 35.7. The standard InChI is InChI=1S/C63H45N/c1-44-30-32-45(33-31-44)46-34-36-51(37-35-46)64(52-39-41-60-57(42-52)55-27-15-17-29-59(55)62(60,47-18-6-2-7-19-47)48-20-8-3-9-21-48)53-38-40-56-54-26-14-16-28-58(54)63(61(56)43-53,49-22-10-4-11-23-49)50-24-12-5-13-25-50/h2-43H,1H3. The van der Waals surface area contributed by atoms with Gasteiger partial charge >= 0.3 is 0 Å². The highest BCUT2D eigenvalue weighted by molar-refractivity contribution is 5.93. The van der Waals surface area contributed by atoms with Crippen molar-refractivity contribution < 1.29 is 0 Å². The zero-order valence-corrected chi connectivity index (χ0v) is 35.7. The number of anilines is 3. The molecule has 0 bridgehead atoms. The molecule has 10 aromatic rings. The third-order valence-corrected chi connectivity index (χ3v) is 13.9. The van der Waals surface area contributed by atoms with Crippen molar-refractivity contribution in [3.63, 3.8) is 0 Å². The van der Waals surface area contributed by atoms with Gasteiger partial charge in [0.2, 0.25) is 0 Å². The molecule has 0 aliphatic heterocycles. The van der Waals surface area contributed by atoms with Crippen molar-refractivity contribution >= 4 is 17.1 Å². The first-order valence-corrected chi connectivity index (χ1v) is 22.3. The molecule has 1 heteroatoms. The zero-order chi connectivity index (χ0) is 42.7. The summed E-state index contributed by atoms with van der Waals surface area (Å²) in [4.78, 5) is 2.47. The van der Waals surface area contributed by atoms with Crippen LogP contribution in [0.25, 0.3) is 33.4 Å². The molecule has 64 heavy (non-hydrogen) atoms. The van der Waals surface area contributed by atoms with Crippen LogP contribution in [0.2, 0.25) is 0 Å². The molecule has 0 aromatic heterocycles. The van der Waals surface area contributed by atoms with Crippen molar-refractivity contribution in [2.45, 2.75) is 17.8 Å². The van der Waals surface area contributed by atoms with Crippen LogP contribution in [0.5, 0.6) is 0 Å². The first-order chi connectivity index (χ1) is 31.7. The van der Waals surface area contributed by atoms with Gasteiger partial charge in [0.05, 0.1) is 10.8 Å². The van der Waals surface area contributed by atoms with Gasteiger partial charge < -0.3 is 4.90 Å². The van der Waals surface area contributed by atoms with Crippen LogP contribution >= 0.6 is 0 Å². The quantitative estimate of drug-likeness (QED) is 0.148. The van der Waals surface area contributed by atoms with Gasteiger partial charge in [0, 0.05) is 17.1 Å². The molecule has 0 N–H and O–H groups in total. The molecule has 0 amide bonds. The fourth-order valence-electron chi connectivity index (χ4n) is 11.1. The van der Waals surface area contributed by atoms with Crippen LogP contribution in [0, 0.1) is 6.92 Å². The van der Waals surface area contributed by atoms with E-state index in [0.717, 1.165) is 17.1 Å². The third kappa shape index (κ3) is 5.64. The van der Waals surface area contributed by atoms with Crippen LogP contribution in [0.4, 0.5) is 17.1 Å². The van der Waals surface area contributed by atoms with E-state index in [4.69, 9.17) is 0 Å². The normalized spacial score (nSPS) is 13.6. The summed E-state index contributed by atoms with van der Waals surface area (Å²) in [6.07, 6.45) is 0. The molecule has 0 heterocycles. The Morgan fingerprint density at radius 1 is 0.266 bits per heavy atom. The first-order valence-electron chi connectivity index (χ1n) is 22.3. The second-order valence-electron chi connectivity index (χ2n) is 17.3. The van der Waals surface area contributed by atoms with E-state index in [1.807, 2.05) is 0 Å². The predicted molar refractivity (Wildman–Crippen MR) is 266 cm³/mol. The van der Waals surface area contributed by atoms with E-state index in [1.54, 1.807) is 0 Å². The van der Waals surface area contributed by atoms with Gasteiger partial charge in [-0.3, -0.25) is 0 Å². The Labute approximate surface area is 376 Å². The van der Waals surface area contributed by atoms with Crippen LogP contribution in [-0.4, -0.2) is 0 Å². The lowest BCUT2D eigenvalue weighted by molar-refractivity contribution is 0.768. The smallest absolute Gasteiger partial charge is 0.0714 e. The molecule has 0 radical (unpaired) electrons. The minimum absolute atomic E-state index is 0.474. The molecule has 302 valence electrons. The van der Waals surface area contributed by atoms with E-state index in [9.17, 15) is 0 Å². The maximum absolute atomic E-state index is 2.47. The van der Waals surface area contributed by atoms with Crippen LogP contribution in [-0.2, 0) is 10.8 Å². The molecular formula is C63H45N. The fraction of sp³-hybridized carbons (Fsp3) is 0.0476. The summed E-state index contributed by atoms with van der Waals surface area (Å²) in [5.41, 5.74) is 21.3. The number of aryl methyl sites for hydroxylation is 1. The van der Waals surface area contributed by atoms with E-state index in [1.165, 1.54) is 83.5 Å². The highest BCUT2D eigenvalue weighted by Gasteiger charge is 2.48. The van der Waals surface area contributed by atoms with Crippen LogP contribution in [0.15, 0.2) is 255 Å². The van der Waals surface area contributed by atoms with E-state index >= 15 is 0 Å².